The fourth-order valence-corrected chi connectivity index (χ4v) is 3.70. The highest BCUT2D eigenvalue weighted by atomic mass is 32.2. The number of carboxylic acid groups (broad SMARTS) is 1. The molecule has 0 saturated carbocycles. The van der Waals surface area contributed by atoms with Crippen LogP contribution < -0.4 is 0 Å². The van der Waals surface area contributed by atoms with E-state index in [0.717, 1.165) is 22.3 Å². The number of allylic oxidation sites excluding steroid dienone is 2. The average molecular weight is 354 g/mol. The highest BCUT2D eigenvalue weighted by molar-refractivity contribution is 8.13. The zero-order valence-electron chi connectivity index (χ0n) is 14.2. The van der Waals surface area contributed by atoms with Crippen LogP contribution in [-0.4, -0.2) is 23.2 Å². The molecule has 25 heavy (non-hydrogen) atoms. The van der Waals surface area contributed by atoms with Crippen LogP contribution >= 0.6 is 10.5 Å². The number of aliphatic carboxylic acids is 1. The molecule has 128 valence electrons. The van der Waals surface area contributed by atoms with Gasteiger partial charge in [0.2, 0.25) is 0 Å². The molecule has 2 aromatic rings. The molecule has 1 aliphatic rings. The minimum absolute atomic E-state index is 0.0364. The van der Waals surface area contributed by atoms with Crippen LogP contribution in [-0.2, 0) is 4.79 Å². The van der Waals surface area contributed by atoms with Crippen molar-refractivity contribution in [2.45, 2.75) is 18.2 Å². The Morgan fingerprint density at radius 2 is 1.88 bits per heavy atom. The molecule has 1 atom stereocenters. The summed E-state index contributed by atoms with van der Waals surface area (Å²) < 4.78 is 13.7. The van der Waals surface area contributed by atoms with Crippen LogP contribution in [0.1, 0.15) is 30.0 Å². The van der Waals surface area contributed by atoms with Crippen molar-refractivity contribution >= 4 is 39.5 Å². The lowest BCUT2D eigenvalue weighted by Crippen LogP contribution is -1.97. The van der Waals surface area contributed by atoms with Gasteiger partial charge in [-0.2, -0.15) is 10.5 Å². The van der Waals surface area contributed by atoms with Gasteiger partial charge in [0.1, 0.15) is 5.82 Å². The molecule has 1 N–H and O–H groups in total. The molecule has 0 amide bonds. The summed E-state index contributed by atoms with van der Waals surface area (Å²) >= 11 is 0. The fourth-order valence-electron chi connectivity index (χ4n) is 3.10. The highest BCUT2D eigenvalue weighted by Gasteiger charge is 2.25. The molecule has 0 spiro atoms. The summed E-state index contributed by atoms with van der Waals surface area (Å²) in [6, 6.07) is 12.7. The molecule has 0 fully saturated rings. The van der Waals surface area contributed by atoms with Gasteiger partial charge in [-0.05, 0) is 76.9 Å². The Bertz CT molecular complexity index is 937. The maximum atomic E-state index is 13.7. The monoisotopic (exact) mass is 354 g/mol. The number of hydrogen-bond donors (Lipinski definition) is 1. The third-order valence-corrected chi connectivity index (χ3v) is 5.45. The summed E-state index contributed by atoms with van der Waals surface area (Å²) in [5.41, 5.74) is 5.10. The first-order chi connectivity index (χ1) is 11.9. The summed E-state index contributed by atoms with van der Waals surface area (Å²) in [6.45, 7) is 1.90. The van der Waals surface area contributed by atoms with E-state index in [4.69, 9.17) is 0 Å². The Labute approximate surface area is 149 Å². The highest BCUT2D eigenvalue weighted by Crippen LogP contribution is 2.43. The predicted molar refractivity (Wildman–Crippen MR) is 104 cm³/mol. The number of fused-ring (bicyclic) bond motifs is 1. The Morgan fingerprint density at radius 1 is 1.20 bits per heavy atom. The maximum absolute atomic E-state index is 13.7. The number of rotatable bonds is 4. The van der Waals surface area contributed by atoms with E-state index >= 15 is 0 Å². The third-order valence-electron chi connectivity index (χ3n) is 4.38. The first-order valence-electron chi connectivity index (χ1n) is 7.86. The Balaban J connectivity index is 2.10. The third kappa shape index (κ3) is 3.49. The zero-order valence-corrected chi connectivity index (χ0v) is 15.0. The lowest BCUT2D eigenvalue weighted by molar-refractivity contribution is -0.135. The second kappa shape index (κ2) is 6.81. The van der Waals surface area contributed by atoms with E-state index in [1.807, 2.05) is 25.1 Å². The van der Waals surface area contributed by atoms with Gasteiger partial charge in [-0.1, -0.05) is 24.1 Å². The van der Waals surface area contributed by atoms with Crippen molar-refractivity contribution in [2.24, 2.45) is 0 Å². The second-order valence-electron chi connectivity index (χ2n) is 6.13. The second-order valence-corrected chi connectivity index (χ2v) is 7.87. The van der Waals surface area contributed by atoms with Crippen molar-refractivity contribution in [1.29, 1.82) is 0 Å². The Morgan fingerprint density at radius 3 is 2.48 bits per heavy atom. The number of carbonyl (C=O) groups is 1. The maximum Gasteiger partial charge on any atom is 0.307 e. The van der Waals surface area contributed by atoms with Crippen LogP contribution in [0.3, 0.4) is 0 Å². The first kappa shape index (κ1) is 17.4. The topological polar surface area (TPSA) is 37.3 Å². The number of benzene rings is 2. The van der Waals surface area contributed by atoms with E-state index in [0.29, 0.717) is 11.1 Å². The summed E-state index contributed by atoms with van der Waals surface area (Å²) in [4.78, 5) is 12.4. The molecule has 0 bridgehead atoms. The summed E-state index contributed by atoms with van der Waals surface area (Å²) in [7, 11) is -0.0364. The van der Waals surface area contributed by atoms with Gasteiger partial charge in [-0.15, -0.1) is 0 Å². The van der Waals surface area contributed by atoms with Crippen molar-refractivity contribution in [3.8, 4) is 0 Å². The van der Waals surface area contributed by atoms with E-state index in [9.17, 15) is 14.3 Å². The lowest BCUT2D eigenvalue weighted by atomic mass is 10.0. The van der Waals surface area contributed by atoms with Crippen LogP contribution in [0.15, 0.2) is 52.9 Å². The molecular weight excluding hydrogens is 335 g/mol. The normalized spacial score (nSPS) is 16.2. The first-order valence-corrected chi connectivity index (χ1v) is 9.66. The molecule has 4 heteroatoms. The minimum Gasteiger partial charge on any atom is -0.481 e. The van der Waals surface area contributed by atoms with Crippen molar-refractivity contribution < 1.29 is 14.3 Å². The number of carboxylic acids is 1. The molecule has 2 aromatic carbocycles. The van der Waals surface area contributed by atoms with Gasteiger partial charge in [0.05, 0.1) is 6.42 Å². The largest absolute Gasteiger partial charge is 0.481 e. The zero-order chi connectivity index (χ0) is 18.1. The van der Waals surface area contributed by atoms with Crippen molar-refractivity contribution in [3.63, 3.8) is 0 Å². The molecule has 2 nitrogen and oxygen atoms in total. The lowest BCUT2D eigenvalue weighted by Gasteiger charge is -2.06. The van der Waals surface area contributed by atoms with Gasteiger partial charge in [-0.3, -0.25) is 4.79 Å². The Kier molecular flexibility index (Phi) is 4.73. The SMILES string of the molecule is C=S(C)c1ccc(/C=C2/C(C)=C(CC(=O)O)c3cc(F)ccc32)cc1. The molecule has 0 radical (unpaired) electrons. The fraction of sp³-hybridized carbons (Fsp3) is 0.143. The standard InChI is InChI=1S/C21H19FO2S/c1-13-18(10-14-4-7-16(8-5-14)25(2)3)17-9-6-15(22)11-20(17)19(13)12-21(23)24/h4-11H,2,12H2,1,3H3,(H,23,24)/b18-10-. The molecule has 0 heterocycles. The summed E-state index contributed by atoms with van der Waals surface area (Å²) in [5, 5.41) is 9.19. The van der Waals surface area contributed by atoms with E-state index in [1.165, 1.54) is 17.0 Å². The van der Waals surface area contributed by atoms with E-state index in [-0.39, 0.29) is 22.7 Å². The minimum atomic E-state index is -0.916. The smallest absolute Gasteiger partial charge is 0.307 e. The van der Waals surface area contributed by atoms with Crippen LogP contribution in [0.2, 0.25) is 0 Å². The number of hydrogen-bond acceptors (Lipinski definition) is 1. The number of halogens is 1. The summed E-state index contributed by atoms with van der Waals surface area (Å²) in [6.07, 6.45) is 3.99. The van der Waals surface area contributed by atoms with E-state index < -0.39 is 5.97 Å². The molecule has 0 aliphatic heterocycles. The molecule has 0 aromatic heterocycles. The average Bonchev–Trinajstić information content (AvgIpc) is 2.80. The molecule has 1 unspecified atom stereocenters. The molecule has 0 saturated heterocycles. The molecular formula is C21H19FO2S. The van der Waals surface area contributed by atoms with Gasteiger partial charge in [0.25, 0.3) is 0 Å². The Hall–Kier alpha value is -2.46. The van der Waals surface area contributed by atoms with Gasteiger partial charge in [-0.25, -0.2) is 4.39 Å². The van der Waals surface area contributed by atoms with Crippen LogP contribution in [0.5, 0.6) is 0 Å². The van der Waals surface area contributed by atoms with Crippen molar-refractivity contribution in [3.05, 3.63) is 70.5 Å². The van der Waals surface area contributed by atoms with Gasteiger partial charge >= 0.3 is 5.97 Å². The van der Waals surface area contributed by atoms with Crippen molar-refractivity contribution in [1.82, 2.24) is 0 Å². The van der Waals surface area contributed by atoms with Gasteiger partial charge in [0, 0.05) is 4.90 Å². The quantitative estimate of drug-likeness (QED) is 0.755. The van der Waals surface area contributed by atoms with Crippen LogP contribution in [0, 0.1) is 5.82 Å². The van der Waals surface area contributed by atoms with E-state index in [2.05, 4.69) is 24.3 Å². The van der Waals surface area contributed by atoms with Gasteiger partial charge in [0.15, 0.2) is 0 Å². The molecule has 3 rings (SSSR count). The van der Waals surface area contributed by atoms with Crippen LogP contribution in [0.25, 0.3) is 17.2 Å². The van der Waals surface area contributed by atoms with Crippen molar-refractivity contribution in [2.75, 3.05) is 6.26 Å². The molecule has 1 aliphatic carbocycles. The van der Waals surface area contributed by atoms with Crippen LogP contribution in [0.4, 0.5) is 4.39 Å². The van der Waals surface area contributed by atoms with E-state index in [1.54, 1.807) is 6.07 Å². The van der Waals surface area contributed by atoms with Gasteiger partial charge < -0.3 is 5.11 Å². The summed E-state index contributed by atoms with van der Waals surface area (Å²) in [5.74, 6) is 2.77. The predicted octanol–water partition coefficient (Wildman–Crippen LogP) is 5.32.